The fraction of sp³-hybridized carbons (Fsp3) is 0.278. The van der Waals surface area contributed by atoms with E-state index in [1.807, 2.05) is 0 Å². The van der Waals surface area contributed by atoms with Gasteiger partial charge in [0.05, 0.1) is 11.4 Å². The molecule has 7 nitrogen and oxygen atoms in total. The largest absolute Gasteiger partial charge is 0.573 e. The maximum atomic E-state index is 12.1. The lowest BCUT2D eigenvalue weighted by molar-refractivity contribution is -0.274. The molecule has 1 aliphatic rings. The summed E-state index contributed by atoms with van der Waals surface area (Å²) in [5.41, 5.74) is 6.96. The third-order valence-corrected chi connectivity index (χ3v) is 5.46. The van der Waals surface area contributed by atoms with Crippen molar-refractivity contribution in [1.82, 2.24) is 4.72 Å². The first kappa shape index (κ1) is 20.9. The van der Waals surface area contributed by atoms with Gasteiger partial charge in [0.15, 0.2) is 5.96 Å². The Morgan fingerprint density at radius 3 is 2.28 bits per heavy atom. The van der Waals surface area contributed by atoms with E-state index in [1.165, 1.54) is 24.3 Å². The molecule has 0 atom stereocenters. The fourth-order valence-corrected chi connectivity index (χ4v) is 3.67. The molecule has 0 radical (unpaired) electrons. The van der Waals surface area contributed by atoms with Crippen LogP contribution in [0.1, 0.15) is 18.4 Å². The number of halogens is 3. The van der Waals surface area contributed by atoms with Gasteiger partial charge in [0.25, 0.3) is 0 Å². The average Bonchev–Trinajstić information content (AvgIpc) is 3.44. The van der Waals surface area contributed by atoms with Crippen LogP contribution in [0.2, 0.25) is 0 Å². The monoisotopic (exact) mass is 428 g/mol. The van der Waals surface area contributed by atoms with E-state index in [2.05, 4.69) is 19.8 Å². The van der Waals surface area contributed by atoms with Crippen molar-refractivity contribution in [1.29, 1.82) is 0 Å². The molecule has 0 amide bonds. The van der Waals surface area contributed by atoms with Crippen LogP contribution in [0.4, 0.5) is 18.9 Å². The summed E-state index contributed by atoms with van der Waals surface area (Å²) >= 11 is 0. The Bertz CT molecular complexity index is 971. The molecule has 1 fully saturated rings. The Labute approximate surface area is 165 Å². The number of hydrogen-bond acceptors (Lipinski definition) is 4. The van der Waals surface area contributed by atoms with Gasteiger partial charge in [-0.1, -0.05) is 12.1 Å². The van der Waals surface area contributed by atoms with Crippen molar-refractivity contribution in [2.24, 2.45) is 10.7 Å². The molecule has 156 valence electrons. The number of nitrogens with two attached hydrogens (primary N) is 1. The number of anilines is 1. The summed E-state index contributed by atoms with van der Waals surface area (Å²) < 4.78 is 67.1. The molecular formula is C18H19F3N4O3S. The molecule has 0 aromatic heterocycles. The summed E-state index contributed by atoms with van der Waals surface area (Å²) in [6, 6.07) is 11.4. The summed E-state index contributed by atoms with van der Waals surface area (Å²) in [6.07, 6.45) is -3.04. The second kappa shape index (κ2) is 8.29. The minimum atomic E-state index is -4.75. The van der Waals surface area contributed by atoms with Crippen LogP contribution in [0.15, 0.2) is 58.4 Å². The van der Waals surface area contributed by atoms with Crippen LogP contribution in [0.3, 0.4) is 0 Å². The second-order valence-corrected chi connectivity index (χ2v) is 8.15. The second-order valence-electron chi connectivity index (χ2n) is 6.44. The minimum Gasteiger partial charge on any atom is -0.406 e. The van der Waals surface area contributed by atoms with Gasteiger partial charge in [-0.15, -0.1) is 13.2 Å². The highest BCUT2D eigenvalue weighted by Crippen LogP contribution is 2.24. The topological polar surface area (TPSA) is 106 Å². The molecule has 0 aliphatic heterocycles. The number of alkyl halides is 3. The van der Waals surface area contributed by atoms with E-state index in [1.54, 1.807) is 12.1 Å². The Balaban J connectivity index is 1.55. The average molecular weight is 428 g/mol. The van der Waals surface area contributed by atoms with Crippen LogP contribution in [-0.4, -0.2) is 26.8 Å². The smallest absolute Gasteiger partial charge is 0.406 e. The van der Waals surface area contributed by atoms with Gasteiger partial charge < -0.3 is 15.8 Å². The van der Waals surface area contributed by atoms with E-state index in [9.17, 15) is 21.6 Å². The number of rotatable bonds is 7. The molecule has 0 bridgehead atoms. The summed E-state index contributed by atoms with van der Waals surface area (Å²) in [6.45, 7) is 0.199. The Morgan fingerprint density at radius 1 is 1.10 bits per heavy atom. The molecule has 2 aromatic carbocycles. The first-order valence-electron chi connectivity index (χ1n) is 8.65. The van der Waals surface area contributed by atoms with Crippen LogP contribution in [0, 0.1) is 0 Å². The predicted molar refractivity (Wildman–Crippen MR) is 102 cm³/mol. The quantitative estimate of drug-likeness (QED) is 0.465. The molecule has 1 saturated carbocycles. The molecule has 0 heterocycles. The summed E-state index contributed by atoms with van der Waals surface area (Å²) in [5, 5.41) is 2.75. The normalized spacial score (nSPS) is 15.2. The molecule has 1 aliphatic carbocycles. The van der Waals surface area contributed by atoms with E-state index in [-0.39, 0.29) is 29.2 Å². The first-order chi connectivity index (χ1) is 13.6. The lowest BCUT2D eigenvalue weighted by Gasteiger charge is -2.10. The van der Waals surface area contributed by atoms with Gasteiger partial charge in [-0.05, 0) is 54.8 Å². The number of aliphatic imine (C=N–C) groups is 1. The van der Waals surface area contributed by atoms with E-state index >= 15 is 0 Å². The van der Waals surface area contributed by atoms with Crippen molar-refractivity contribution in [2.75, 3.05) is 5.32 Å². The van der Waals surface area contributed by atoms with Gasteiger partial charge in [-0.2, -0.15) is 0 Å². The van der Waals surface area contributed by atoms with Gasteiger partial charge in [0.2, 0.25) is 10.0 Å². The molecular weight excluding hydrogens is 409 g/mol. The number of hydrogen-bond donors (Lipinski definition) is 3. The summed E-state index contributed by atoms with van der Waals surface area (Å²) in [5.74, 6) is -0.286. The highest BCUT2D eigenvalue weighted by atomic mass is 32.2. The molecule has 0 unspecified atom stereocenters. The summed E-state index contributed by atoms with van der Waals surface area (Å²) in [7, 11) is -3.50. The minimum absolute atomic E-state index is 0.0317. The molecule has 0 spiro atoms. The molecule has 2 aromatic rings. The van der Waals surface area contributed by atoms with E-state index in [4.69, 9.17) is 5.73 Å². The zero-order chi connectivity index (χ0) is 21.1. The number of ether oxygens (including phenoxy) is 1. The van der Waals surface area contributed by atoms with Crippen LogP contribution in [-0.2, 0) is 16.6 Å². The zero-order valence-corrected chi connectivity index (χ0v) is 15.9. The van der Waals surface area contributed by atoms with Crippen LogP contribution in [0.25, 0.3) is 0 Å². The third kappa shape index (κ3) is 6.64. The molecule has 4 N–H and O–H groups in total. The Hall–Kier alpha value is -2.79. The van der Waals surface area contributed by atoms with Gasteiger partial charge >= 0.3 is 6.36 Å². The number of sulfonamides is 1. The van der Waals surface area contributed by atoms with Gasteiger partial charge in [0.1, 0.15) is 5.75 Å². The van der Waals surface area contributed by atoms with Crippen molar-refractivity contribution in [3.05, 3.63) is 54.1 Å². The van der Waals surface area contributed by atoms with Crippen molar-refractivity contribution in [3.63, 3.8) is 0 Å². The van der Waals surface area contributed by atoms with Crippen molar-refractivity contribution in [3.8, 4) is 5.75 Å². The third-order valence-electron chi connectivity index (χ3n) is 3.93. The van der Waals surface area contributed by atoms with Crippen LogP contribution >= 0.6 is 0 Å². The van der Waals surface area contributed by atoms with E-state index in [0.717, 1.165) is 30.5 Å². The van der Waals surface area contributed by atoms with E-state index < -0.39 is 16.4 Å². The summed E-state index contributed by atoms with van der Waals surface area (Å²) in [4.78, 5) is 4.31. The molecule has 3 rings (SSSR count). The maximum Gasteiger partial charge on any atom is 0.573 e. The number of guanidine groups is 1. The Morgan fingerprint density at radius 2 is 1.72 bits per heavy atom. The standard InChI is InChI=1S/C18H19F3N4O3S/c19-18(20,21)28-15-7-5-13(6-8-15)24-17(22)23-11-12-1-9-16(10-2-12)29(26,27)25-14-3-4-14/h1-2,5-10,14,25H,3-4,11H2,(H3,22,23,24). The Kier molecular flexibility index (Phi) is 5.99. The maximum absolute atomic E-state index is 12.1. The molecule has 29 heavy (non-hydrogen) atoms. The fourth-order valence-electron chi connectivity index (χ4n) is 2.37. The van der Waals surface area contributed by atoms with Gasteiger partial charge in [-0.25, -0.2) is 18.1 Å². The lowest BCUT2D eigenvalue weighted by atomic mass is 10.2. The highest BCUT2D eigenvalue weighted by Gasteiger charge is 2.31. The number of nitrogens with one attached hydrogen (secondary N) is 2. The van der Waals surface area contributed by atoms with Crippen molar-refractivity contribution >= 4 is 21.7 Å². The van der Waals surface area contributed by atoms with E-state index in [0.29, 0.717) is 5.69 Å². The molecule has 11 heteroatoms. The van der Waals surface area contributed by atoms with Crippen LogP contribution < -0.4 is 20.5 Å². The van der Waals surface area contributed by atoms with Crippen molar-refractivity contribution in [2.45, 2.75) is 36.7 Å². The van der Waals surface area contributed by atoms with Gasteiger partial charge in [0, 0.05) is 11.7 Å². The van der Waals surface area contributed by atoms with Gasteiger partial charge in [-0.3, -0.25) is 0 Å². The predicted octanol–water partition coefficient (Wildman–Crippen LogP) is 2.95. The SMILES string of the molecule is NC(=NCc1ccc(S(=O)(=O)NC2CC2)cc1)Nc1ccc(OC(F)(F)F)cc1. The highest BCUT2D eigenvalue weighted by molar-refractivity contribution is 7.89. The number of benzene rings is 2. The van der Waals surface area contributed by atoms with Crippen LogP contribution in [0.5, 0.6) is 5.75 Å². The molecule has 0 saturated heterocycles. The zero-order valence-electron chi connectivity index (χ0n) is 15.1. The first-order valence-corrected chi connectivity index (χ1v) is 10.1. The lowest BCUT2D eigenvalue weighted by Crippen LogP contribution is -2.25. The number of nitrogens with zero attached hydrogens (tertiary/aromatic N) is 1. The van der Waals surface area contributed by atoms with Crippen molar-refractivity contribution < 1.29 is 26.3 Å².